The maximum atomic E-state index is 14.4. The van der Waals surface area contributed by atoms with E-state index in [2.05, 4.69) is 20.9 Å². The fourth-order valence-electron chi connectivity index (χ4n) is 5.53. The van der Waals surface area contributed by atoms with Crippen molar-refractivity contribution in [2.75, 3.05) is 27.2 Å². The molecule has 2 aromatic heterocycles. The predicted octanol–water partition coefficient (Wildman–Crippen LogP) is 8.37. The van der Waals surface area contributed by atoms with Crippen LogP contribution in [-0.2, 0) is 35.3 Å². The van der Waals surface area contributed by atoms with Crippen LogP contribution in [-0.4, -0.2) is 64.7 Å². The van der Waals surface area contributed by atoms with Crippen LogP contribution in [0.3, 0.4) is 0 Å². The summed E-state index contributed by atoms with van der Waals surface area (Å²) < 4.78 is 45.7. The number of rotatable bonds is 14. The molecule has 7 nitrogen and oxygen atoms in total. The quantitative estimate of drug-likeness (QED) is 0.107. The van der Waals surface area contributed by atoms with E-state index in [1.165, 1.54) is 29.2 Å². The molecule has 2 heterocycles. The molecule has 264 valence electrons. The van der Waals surface area contributed by atoms with E-state index < -0.39 is 23.7 Å². The van der Waals surface area contributed by atoms with Crippen LogP contribution in [0.5, 0.6) is 0 Å². The van der Waals surface area contributed by atoms with E-state index in [1.807, 2.05) is 96.9 Å². The number of halogens is 4. The minimum Gasteiger partial charge on any atom is -0.453 e. The van der Waals surface area contributed by atoms with Crippen molar-refractivity contribution >= 4 is 33.8 Å². The van der Waals surface area contributed by atoms with Gasteiger partial charge in [0.1, 0.15) is 11.8 Å². The molecule has 3 aromatic carbocycles. The molecular weight excluding hydrogens is 721 g/mol. The maximum absolute atomic E-state index is 14.4. The molecular formula is C40H38BrF3N4O3. The first-order valence-corrected chi connectivity index (χ1v) is 17.1. The van der Waals surface area contributed by atoms with E-state index in [4.69, 9.17) is 4.42 Å². The maximum Gasteiger partial charge on any atom is 0.416 e. The van der Waals surface area contributed by atoms with Gasteiger partial charge in [-0.2, -0.15) is 13.2 Å². The van der Waals surface area contributed by atoms with E-state index in [0.717, 1.165) is 40.3 Å². The Balaban J connectivity index is 1.42. The molecule has 11 heteroatoms. The molecule has 0 saturated heterocycles. The van der Waals surface area contributed by atoms with Gasteiger partial charge >= 0.3 is 6.18 Å². The zero-order chi connectivity index (χ0) is 36.4. The van der Waals surface area contributed by atoms with Crippen LogP contribution in [0.2, 0.25) is 0 Å². The van der Waals surface area contributed by atoms with Gasteiger partial charge in [-0.05, 0) is 82.1 Å². The lowest BCUT2D eigenvalue weighted by Crippen LogP contribution is -2.51. The van der Waals surface area contributed by atoms with Gasteiger partial charge in [0.2, 0.25) is 11.8 Å². The summed E-state index contributed by atoms with van der Waals surface area (Å²) in [6.07, 6.45) is 0.284. The van der Waals surface area contributed by atoms with E-state index in [-0.39, 0.29) is 18.9 Å². The van der Waals surface area contributed by atoms with Crippen LogP contribution in [0.25, 0.3) is 17.3 Å². The zero-order valence-electron chi connectivity index (χ0n) is 28.3. The summed E-state index contributed by atoms with van der Waals surface area (Å²) >= 11 is 3.32. The van der Waals surface area contributed by atoms with Crippen LogP contribution in [0.15, 0.2) is 131 Å². The Morgan fingerprint density at radius 1 is 0.824 bits per heavy atom. The molecule has 0 bridgehead atoms. The van der Waals surface area contributed by atoms with Crippen LogP contribution in [0.1, 0.15) is 28.0 Å². The highest BCUT2D eigenvalue weighted by atomic mass is 79.9. The van der Waals surface area contributed by atoms with Crippen molar-refractivity contribution in [1.82, 2.24) is 19.7 Å². The molecule has 51 heavy (non-hydrogen) atoms. The highest BCUT2D eigenvalue weighted by molar-refractivity contribution is 9.10. The normalized spacial score (nSPS) is 12.3. The van der Waals surface area contributed by atoms with Gasteiger partial charge in [0.15, 0.2) is 4.67 Å². The third kappa shape index (κ3) is 10.7. The van der Waals surface area contributed by atoms with Crippen LogP contribution >= 0.6 is 15.9 Å². The summed E-state index contributed by atoms with van der Waals surface area (Å²) in [5, 5.41) is 0. The first kappa shape index (κ1) is 37.3. The number of pyridine rings is 1. The third-order valence-corrected chi connectivity index (χ3v) is 8.81. The van der Waals surface area contributed by atoms with E-state index >= 15 is 0 Å². The average molecular weight is 760 g/mol. The molecule has 0 N–H and O–H groups in total. The van der Waals surface area contributed by atoms with Crippen molar-refractivity contribution in [2.45, 2.75) is 31.7 Å². The number of nitrogens with zero attached hydrogens (tertiary/aromatic N) is 4. The van der Waals surface area contributed by atoms with Crippen molar-refractivity contribution in [3.63, 3.8) is 0 Å². The van der Waals surface area contributed by atoms with Gasteiger partial charge < -0.3 is 14.2 Å². The topological polar surface area (TPSA) is 69.9 Å². The van der Waals surface area contributed by atoms with Gasteiger partial charge in [0.05, 0.1) is 17.8 Å². The lowest BCUT2D eigenvalue weighted by atomic mass is 10.0. The average Bonchev–Trinajstić information content (AvgIpc) is 3.55. The molecule has 0 unspecified atom stereocenters. The fraction of sp³-hybridized carbons (Fsp3) is 0.225. The fourth-order valence-corrected chi connectivity index (χ4v) is 5.87. The number of alkyl halides is 3. The molecule has 0 aliphatic carbocycles. The summed E-state index contributed by atoms with van der Waals surface area (Å²) in [5.41, 5.74) is 3.03. The van der Waals surface area contributed by atoms with Gasteiger partial charge in [-0.25, -0.2) is 0 Å². The van der Waals surface area contributed by atoms with Crippen molar-refractivity contribution in [1.29, 1.82) is 0 Å². The summed E-state index contributed by atoms with van der Waals surface area (Å²) in [7, 11) is 3.66. The summed E-state index contributed by atoms with van der Waals surface area (Å²) in [6.45, 7) is 1.61. The summed E-state index contributed by atoms with van der Waals surface area (Å²) in [4.78, 5) is 38.1. The second kappa shape index (κ2) is 17.3. The Morgan fingerprint density at radius 2 is 1.53 bits per heavy atom. The van der Waals surface area contributed by atoms with E-state index in [9.17, 15) is 22.8 Å². The summed E-state index contributed by atoms with van der Waals surface area (Å²) in [5.74, 6) is 0.0901. The Morgan fingerprint density at radius 3 is 2.16 bits per heavy atom. The zero-order valence-corrected chi connectivity index (χ0v) is 29.8. The van der Waals surface area contributed by atoms with Gasteiger partial charge in [-0.15, -0.1) is 0 Å². The lowest BCUT2D eigenvalue weighted by molar-refractivity contribution is -0.143. The second-order valence-electron chi connectivity index (χ2n) is 12.2. The number of carbonyl (C=O) groups excluding carboxylic acids is 2. The Labute approximate surface area is 304 Å². The SMILES string of the molecule is CN(CCN(C)C(=O)[C@H](Cc1ccccc1)N(Cc1ccc(-c2ccccn2)cc1)C(=O)/C=C/c1ccc(C(F)(F)F)cc1)Cc1ccc(Br)o1. The number of likely N-dealkylation sites (N-methyl/N-ethyl adjacent to an activating group) is 2. The first-order valence-electron chi connectivity index (χ1n) is 16.3. The molecule has 5 rings (SSSR count). The Bertz CT molecular complexity index is 1900. The van der Waals surface area contributed by atoms with E-state index in [0.29, 0.717) is 29.9 Å². The number of amides is 2. The van der Waals surface area contributed by atoms with E-state index in [1.54, 1.807) is 18.1 Å². The molecule has 0 aliphatic rings. The summed E-state index contributed by atoms with van der Waals surface area (Å²) in [6, 6.07) is 30.2. The molecule has 2 amide bonds. The molecule has 0 saturated carbocycles. The smallest absolute Gasteiger partial charge is 0.416 e. The lowest BCUT2D eigenvalue weighted by Gasteiger charge is -2.34. The standard InChI is InChI=1S/C40H38BrF3N4O3/c1-46(28-34-20-21-37(41)51-34)24-25-47(2)39(50)36(26-30-8-4-3-5-9-30)48(27-31-11-16-32(17-12-31)35-10-6-7-23-45-35)38(49)22-15-29-13-18-33(19-14-29)40(42,43)44/h3-23,36H,24-28H2,1-2H3/b22-15+/t36-/m0/s1. The largest absolute Gasteiger partial charge is 0.453 e. The number of carbonyl (C=O) groups is 2. The Hall–Kier alpha value is -5.00. The van der Waals surface area contributed by atoms with Crippen molar-refractivity contribution < 1.29 is 27.2 Å². The van der Waals surface area contributed by atoms with Crippen LogP contribution < -0.4 is 0 Å². The third-order valence-electron chi connectivity index (χ3n) is 8.39. The molecule has 0 radical (unpaired) electrons. The molecule has 5 aromatic rings. The number of benzene rings is 3. The van der Waals surface area contributed by atoms with Crippen molar-refractivity contribution in [3.8, 4) is 11.3 Å². The highest BCUT2D eigenvalue weighted by Crippen LogP contribution is 2.29. The molecule has 0 spiro atoms. The second-order valence-corrected chi connectivity index (χ2v) is 13.0. The van der Waals surface area contributed by atoms with Crippen LogP contribution in [0, 0.1) is 0 Å². The first-order chi connectivity index (χ1) is 24.5. The molecule has 1 atom stereocenters. The highest BCUT2D eigenvalue weighted by Gasteiger charge is 2.32. The van der Waals surface area contributed by atoms with Crippen molar-refractivity contribution in [2.24, 2.45) is 0 Å². The monoisotopic (exact) mass is 758 g/mol. The van der Waals surface area contributed by atoms with Crippen LogP contribution in [0.4, 0.5) is 13.2 Å². The Kier molecular flexibility index (Phi) is 12.6. The minimum atomic E-state index is -4.47. The number of hydrogen-bond donors (Lipinski definition) is 0. The number of furan rings is 1. The van der Waals surface area contributed by atoms with Gasteiger partial charge in [0, 0.05) is 50.9 Å². The number of hydrogen-bond acceptors (Lipinski definition) is 5. The van der Waals surface area contributed by atoms with Gasteiger partial charge in [-0.1, -0.05) is 72.8 Å². The minimum absolute atomic E-state index is 0.114. The number of aromatic nitrogens is 1. The van der Waals surface area contributed by atoms with Crippen molar-refractivity contribution in [3.05, 3.63) is 154 Å². The molecule has 0 fully saturated rings. The van der Waals surface area contributed by atoms with Gasteiger partial charge in [0.25, 0.3) is 0 Å². The van der Waals surface area contributed by atoms with Gasteiger partial charge in [-0.3, -0.25) is 19.5 Å². The predicted molar refractivity (Wildman–Crippen MR) is 195 cm³/mol. The molecule has 0 aliphatic heterocycles.